The standard InChI is InChI=1S/C10H12ClN3OS/c1-6-3-4-8(16-6)7(2)12-10-14-13-9(5-11)15-10/h3-4,7H,5H2,1-2H3,(H,12,14). The van der Waals surface area contributed by atoms with Gasteiger partial charge in [0.2, 0.25) is 5.89 Å². The second kappa shape index (κ2) is 4.84. The summed E-state index contributed by atoms with van der Waals surface area (Å²) in [4.78, 5) is 2.53. The predicted molar refractivity (Wildman–Crippen MR) is 64.9 cm³/mol. The van der Waals surface area contributed by atoms with Crippen molar-refractivity contribution in [1.29, 1.82) is 0 Å². The third-order valence-corrected chi connectivity index (χ3v) is 3.52. The summed E-state index contributed by atoms with van der Waals surface area (Å²) >= 11 is 7.32. The number of nitrogens with zero attached hydrogens (tertiary/aromatic N) is 2. The first-order valence-electron chi connectivity index (χ1n) is 4.90. The molecule has 2 aromatic rings. The summed E-state index contributed by atoms with van der Waals surface area (Å²) in [5.74, 6) is 0.667. The van der Waals surface area contributed by atoms with Crippen molar-refractivity contribution in [3.8, 4) is 0 Å². The van der Waals surface area contributed by atoms with Crippen LogP contribution in [0.4, 0.5) is 6.01 Å². The highest BCUT2D eigenvalue weighted by Crippen LogP contribution is 2.25. The number of anilines is 1. The fourth-order valence-electron chi connectivity index (χ4n) is 1.31. The fraction of sp³-hybridized carbons (Fsp3) is 0.400. The number of hydrogen-bond acceptors (Lipinski definition) is 5. The zero-order valence-electron chi connectivity index (χ0n) is 9.03. The van der Waals surface area contributed by atoms with Gasteiger partial charge in [-0.15, -0.1) is 28.0 Å². The molecular weight excluding hydrogens is 246 g/mol. The van der Waals surface area contributed by atoms with Gasteiger partial charge in [-0.05, 0) is 26.0 Å². The smallest absolute Gasteiger partial charge is 0.316 e. The molecule has 2 aromatic heterocycles. The molecule has 1 unspecified atom stereocenters. The SMILES string of the molecule is Cc1ccc(C(C)Nc2nnc(CCl)o2)s1. The first kappa shape index (κ1) is 11.4. The minimum absolute atomic E-state index is 0.155. The summed E-state index contributed by atoms with van der Waals surface area (Å²) in [5, 5.41) is 10.8. The number of rotatable bonds is 4. The third kappa shape index (κ3) is 2.54. The van der Waals surface area contributed by atoms with E-state index in [1.165, 1.54) is 9.75 Å². The molecule has 0 aromatic carbocycles. The van der Waals surface area contributed by atoms with Gasteiger partial charge in [-0.1, -0.05) is 5.10 Å². The van der Waals surface area contributed by atoms with Crippen LogP contribution in [0.15, 0.2) is 16.5 Å². The maximum absolute atomic E-state index is 5.58. The highest BCUT2D eigenvalue weighted by molar-refractivity contribution is 7.12. The molecule has 16 heavy (non-hydrogen) atoms. The Morgan fingerprint density at radius 3 is 2.88 bits per heavy atom. The van der Waals surface area contributed by atoms with Crippen molar-refractivity contribution in [3.05, 3.63) is 27.8 Å². The van der Waals surface area contributed by atoms with Crippen LogP contribution in [0.1, 0.15) is 28.6 Å². The summed E-state index contributed by atoms with van der Waals surface area (Å²) in [7, 11) is 0. The number of aromatic nitrogens is 2. The van der Waals surface area contributed by atoms with E-state index in [9.17, 15) is 0 Å². The Hall–Kier alpha value is -1.07. The number of thiophene rings is 1. The van der Waals surface area contributed by atoms with Gasteiger partial charge in [0.1, 0.15) is 5.88 Å². The lowest BCUT2D eigenvalue weighted by Gasteiger charge is -2.08. The zero-order valence-corrected chi connectivity index (χ0v) is 10.6. The Morgan fingerprint density at radius 1 is 1.50 bits per heavy atom. The predicted octanol–water partition coefficient (Wildman–Crippen LogP) is 3.35. The monoisotopic (exact) mass is 257 g/mol. The summed E-state index contributed by atoms with van der Waals surface area (Å²) < 4.78 is 5.27. The van der Waals surface area contributed by atoms with E-state index >= 15 is 0 Å². The summed E-state index contributed by atoms with van der Waals surface area (Å²) in [6.45, 7) is 4.13. The van der Waals surface area contributed by atoms with Crippen molar-refractivity contribution >= 4 is 29.0 Å². The van der Waals surface area contributed by atoms with Gasteiger partial charge in [0, 0.05) is 9.75 Å². The van der Waals surface area contributed by atoms with Crippen molar-refractivity contribution < 1.29 is 4.42 Å². The Morgan fingerprint density at radius 2 is 2.31 bits per heavy atom. The van der Waals surface area contributed by atoms with Crippen LogP contribution >= 0.6 is 22.9 Å². The van der Waals surface area contributed by atoms with E-state index in [1.54, 1.807) is 11.3 Å². The molecule has 0 saturated carbocycles. The molecule has 0 aliphatic rings. The van der Waals surface area contributed by atoms with Crippen LogP contribution < -0.4 is 5.32 Å². The van der Waals surface area contributed by atoms with Crippen molar-refractivity contribution in [3.63, 3.8) is 0 Å². The van der Waals surface area contributed by atoms with Crippen LogP contribution in [0.3, 0.4) is 0 Å². The molecule has 0 radical (unpaired) electrons. The van der Waals surface area contributed by atoms with E-state index in [-0.39, 0.29) is 11.9 Å². The number of alkyl halides is 1. The highest BCUT2D eigenvalue weighted by Gasteiger charge is 2.11. The van der Waals surface area contributed by atoms with E-state index in [1.807, 2.05) is 0 Å². The minimum atomic E-state index is 0.155. The van der Waals surface area contributed by atoms with Crippen LogP contribution in [-0.4, -0.2) is 10.2 Å². The molecule has 4 nitrogen and oxygen atoms in total. The van der Waals surface area contributed by atoms with Crippen molar-refractivity contribution in [2.24, 2.45) is 0 Å². The molecule has 0 bridgehead atoms. The number of nitrogens with one attached hydrogen (secondary N) is 1. The number of hydrogen-bond donors (Lipinski definition) is 1. The van der Waals surface area contributed by atoms with Crippen molar-refractivity contribution in [2.75, 3.05) is 5.32 Å². The molecule has 0 aliphatic heterocycles. The van der Waals surface area contributed by atoms with Gasteiger partial charge < -0.3 is 9.73 Å². The molecule has 0 spiro atoms. The Balaban J connectivity index is 2.04. The van der Waals surface area contributed by atoms with Gasteiger partial charge in [0.25, 0.3) is 0 Å². The molecule has 6 heteroatoms. The van der Waals surface area contributed by atoms with Gasteiger partial charge >= 0.3 is 6.01 Å². The second-order valence-corrected chi connectivity index (χ2v) is 5.04. The van der Waals surface area contributed by atoms with Crippen LogP contribution in [-0.2, 0) is 5.88 Å². The molecule has 1 N–H and O–H groups in total. The highest BCUT2D eigenvalue weighted by atomic mass is 35.5. The van der Waals surface area contributed by atoms with E-state index in [0.717, 1.165) is 0 Å². The van der Waals surface area contributed by atoms with E-state index < -0.39 is 0 Å². The summed E-state index contributed by atoms with van der Waals surface area (Å²) in [5.41, 5.74) is 0. The summed E-state index contributed by atoms with van der Waals surface area (Å²) in [6.07, 6.45) is 0. The molecule has 2 rings (SSSR count). The number of aryl methyl sites for hydroxylation is 1. The zero-order chi connectivity index (χ0) is 11.5. The topological polar surface area (TPSA) is 51.0 Å². The molecular formula is C10H12ClN3OS. The minimum Gasteiger partial charge on any atom is -0.407 e. The fourth-order valence-corrected chi connectivity index (χ4v) is 2.30. The maximum Gasteiger partial charge on any atom is 0.316 e. The third-order valence-electron chi connectivity index (χ3n) is 2.11. The van der Waals surface area contributed by atoms with E-state index in [0.29, 0.717) is 11.9 Å². The molecule has 0 aliphatic carbocycles. The van der Waals surface area contributed by atoms with Crippen LogP contribution in [0.2, 0.25) is 0 Å². The largest absolute Gasteiger partial charge is 0.407 e. The Labute approximate surface area is 103 Å². The Bertz CT molecular complexity index is 468. The lowest BCUT2D eigenvalue weighted by Crippen LogP contribution is -2.04. The van der Waals surface area contributed by atoms with E-state index in [2.05, 4.69) is 41.5 Å². The molecule has 0 amide bonds. The normalized spacial score (nSPS) is 12.7. The first-order valence-corrected chi connectivity index (χ1v) is 6.25. The lowest BCUT2D eigenvalue weighted by molar-refractivity contribution is 0.521. The summed E-state index contributed by atoms with van der Waals surface area (Å²) in [6, 6.07) is 4.75. The van der Waals surface area contributed by atoms with Gasteiger partial charge in [-0.2, -0.15) is 0 Å². The van der Waals surface area contributed by atoms with E-state index in [4.69, 9.17) is 16.0 Å². The van der Waals surface area contributed by atoms with Gasteiger partial charge in [0.15, 0.2) is 0 Å². The molecule has 0 saturated heterocycles. The van der Waals surface area contributed by atoms with Gasteiger partial charge in [-0.3, -0.25) is 0 Å². The molecule has 86 valence electrons. The van der Waals surface area contributed by atoms with Gasteiger partial charge in [0.05, 0.1) is 6.04 Å². The average molecular weight is 258 g/mol. The van der Waals surface area contributed by atoms with Crippen LogP contribution in [0, 0.1) is 6.92 Å². The molecule has 2 heterocycles. The average Bonchev–Trinajstić information content (AvgIpc) is 2.87. The quantitative estimate of drug-likeness (QED) is 0.854. The first-order chi connectivity index (χ1) is 7.69. The maximum atomic E-state index is 5.58. The second-order valence-electron chi connectivity index (χ2n) is 3.45. The van der Waals surface area contributed by atoms with Crippen molar-refractivity contribution in [1.82, 2.24) is 10.2 Å². The Kier molecular flexibility index (Phi) is 3.46. The lowest BCUT2D eigenvalue weighted by atomic mass is 10.3. The van der Waals surface area contributed by atoms with Gasteiger partial charge in [-0.25, -0.2) is 0 Å². The molecule has 0 fully saturated rings. The number of halogens is 1. The van der Waals surface area contributed by atoms with Crippen LogP contribution in [0.5, 0.6) is 0 Å². The van der Waals surface area contributed by atoms with Crippen LogP contribution in [0.25, 0.3) is 0 Å². The molecule has 1 atom stereocenters. The van der Waals surface area contributed by atoms with Crippen molar-refractivity contribution in [2.45, 2.75) is 25.8 Å².